The quantitative estimate of drug-likeness (QED) is 0.470. The van der Waals surface area contributed by atoms with Crippen molar-refractivity contribution in [2.75, 3.05) is 19.7 Å². The lowest BCUT2D eigenvalue weighted by Crippen LogP contribution is -2.40. The van der Waals surface area contributed by atoms with Crippen LogP contribution in [0, 0.1) is 12.0 Å². The molecule has 1 heterocycles. The van der Waals surface area contributed by atoms with Gasteiger partial charge in [0.1, 0.15) is 0 Å². The van der Waals surface area contributed by atoms with Gasteiger partial charge in [0, 0.05) is 24.2 Å². The molecule has 0 saturated carbocycles. The summed E-state index contributed by atoms with van der Waals surface area (Å²) in [6.07, 6.45) is 3.61. The molecule has 0 aromatic heterocycles. The maximum Gasteiger partial charge on any atom is 0.180 e. The molecule has 1 aliphatic heterocycles. The van der Waals surface area contributed by atoms with Crippen LogP contribution in [0.2, 0.25) is 15.1 Å². The van der Waals surface area contributed by atoms with Gasteiger partial charge in [0.05, 0.1) is 10.0 Å². The van der Waals surface area contributed by atoms with Crippen LogP contribution in [0.1, 0.15) is 19.3 Å². The maximum atomic E-state index is 6.01. The van der Waals surface area contributed by atoms with E-state index < -0.39 is 0 Å². The van der Waals surface area contributed by atoms with E-state index in [1.807, 2.05) is 0 Å². The van der Waals surface area contributed by atoms with E-state index in [4.69, 9.17) is 51.8 Å². The normalized spacial score (nSPS) is 14.0. The summed E-state index contributed by atoms with van der Waals surface area (Å²) in [5.41, 5.74) is 0. The number of hydrogen-bond acceptors (Lipinski definition) is 2. The minimum atomic E-state index is 0.149. The van der Waals surface area contributed by atoms with Crippen molar-refractivity contribution in [1.29, 1.82) is 0 Å². The lowest BCUT2D eigenvalue weighted by Gasteiger charge is -2.27. The Balaban J connectivity index is 1.81. The van der Waals surface area contributed by atoms with Crippen LogP contribution < -0.4 is 10.1 Å². The van der Waals surface area contributed by atoms with Gasteiger partial charge in [-0.1, -0.05) is 34.8 Å². The first kappa shape index (κ1) is 17.5. The van der Waals surface area contributed by atoms with Crippen molar-refractivity contribution in [3.8, 4) is 17.7 Å². The van der Waals surface area contributed by atoms with Crippen molar-refractivity contribution in [3.05, 3.63) is 27.2 Å². The van der Waals surface area contributed by atoms with E-state index in [0.29, 0.717) is 25.9 Å². The fourth-order valence-corrected chi connectivity index (χ4v) is 3.24. The lowest BCUT2D eigenvalue weighted by atomic mass is 10.1. The lowest BCUT2D eigenvalue weighted by molar-refractivity contribution is 0.341. The molecule has 0 aliphatic carbocycles. The monoisotopic (exact) mass is 376 g/mol. The molecule has 3 nitrogen and oxygen atoms in total. The van der Waals surface area contributed by atoms with Crippen molar-refractivity contribution in [2.24, 2.45) is 0 Å². The first-order chi connectivity index (χ1) is 10.6. The molecular formula is C15H15Cl3N2OS. The van der Waals surface area contributed by atoms with Gasteiger partial charge in [-0.05, 0) is 49.5 Å². The molecule has 1 aromatic carbocycles. The van der Waals surface area contributed by atoms with E-state index >= 15 is 0 Å². The Morgan fingerprint density at radius 2 is 1.82 bits per heavy atom. The van der Waals surface area contributed by atoms with Gasteiger partial charge in [0.2, 0.25) is 0 Å². The summed E-state index contributed by atoms with van der Waals surface area (Å²) >= 11 is 23.1. The van der Waals surface area contributed by atoms with Crippen LogP contribution in [0.4, 0.5) is 0 Å². The number of piperidine rings is 1. The topological polar surface area (TPSA) is 24.5 Å². The third kappa shape index (κ3) is 5.10. The Hall–Kier alpha value is -0.860. The van der Waals surface area contributed by atoms with Gasteiger partial charge in [0.25, 0.3) is 0 Å². The zero-order valence-electron chi connectivity index (χ0n) is 11.8. The summed E-state index contributed by atoms with van der Waals surface area (Å²) in [7, 11) is 0. The molecule has 1 fully saturated rings. The summed E-state index contributed by atoms with van der Waals surface area (Å²) in [5, 5.41) is 4.74. The number of ether oxygens (including phenoxy) is 1. The van der Waals surface area contributed by atoms with Gasteiger partial charge in [-0.2, -0.15) is 0 Å². The Bertz CT molecular complexity index is 584. The van der Waals surface area contributed by atoms with Gasteiger partial charge in [0.15, 0.2) is 17.5 Å². The highest BCUT2D eigenvalue weighted by molar-refractivity contribution is 7.80. The fourth-order valence-electron chi connectivity index (χ4n) is 2.08. The molecule has 2 rings (SSSR count). The van der Waals surface area contributed by atoms with Gasteiger partial charge in [-0.3, -0.25) is 5.32 Å². The molecule has 22 heavy (non-hydrogen) atoms. The second-order valence-corrected chi connectivity index (χ2v) is 6.40. The molecule has 0 unspecified atom stereocenters. The minimum absolute atomic E-state index is 0.149. The van der Waals surface area contributed by atoms with Gasteiger partial charge >= 0.3 is 0 Å². The van der Waals surface area contributed by atoms with Crippen molar-refractivity contribution in [3.63, 3.8) is 0 Å². The highest BCUT2D eigenvalue weighted by atomic mass is 35.5. The molecule has 0 atom stereocenters. The van der Waals surface area contributed by atoms with Crippen molar-refractivity contribution < 1.29 is 4.74 Å². The van der Waals surface area contributed by atoms with E-state index in [-0.39, 0.29) is 6.61 Å². The van der Waals surface area contributed by atoms with Crippen molar-refractivity contribution in [2.45, 2.75) is 19.3 Å². The average Bonchev–Trinajstić information content (AvgIpc) is 2.49. The SMILES string of the molecule is S=C(NC#CCOc1c(Cl)cc(Cl)cc1Cl)N1CCCCC1. The summed E-state index contributed by atoms with van der Waals surface area (Å²) < 4.78 is 5.46. The third-order valence-corrected chi connectivity index (χ3v) is 4.29. The number of nitrogens with zero attached hydrogens (tertiary/aromatic N) is 1. The van der Waals surface area contributed by atoms with Crippen LogP contribution in [0.25, 0.3) is 0 Å². The predicted molar refractivity (Wildman–Crippen MR) is 95.9 cm³/mol. The molecule has 0 bridgehead atoms. The predicted octanol–water partition coefficient (Wildman–Crippen LogP) is 4.35. The zero-order chi connectivity index (χ0) is 15.9. The molecule has 1 aromatic rings. The summed E-state index contributed by atoms with van der Waals surface area (Å²) in [6.45, 7) is 2.12. The van der Waals surface area contributed by atoms with Crippen molar-refractivity contribution in [1.82, 2.24) is 10.2 Å². The minimum Gasteiger partial charge on any atom is -0.478 e. The summed E-state index contributed by atoms with van der Waals surface area (Å²) in [6, 6.07) is 5.92. The van der Waals surface area contributed by atoms with E-state index in [2.05, 4.69) is 22.2 Å². The first-order valence-corrected chi connectivity index (χ1v) is 8.42. The van der Waals surface area contributed by atoms with Crippen LogP contribution in [0.3, 0.4) is 0 Å². The molecule has 7 heteroatoms. The summed E-state index contributed by atoms with van der Waals surface area (Å²) in [4.78, 5) is 2.13. The van der Waals surface area contributed by atoms with E-state index in [9.17, 15) is 0 Å². The molecule has 0 radical (unpaired) electrons. The largest absolute Gasteiger partial charge is 0.478 e. The second kappa shape index (κ2) is 8.69. The standard InChI is InChI=1S/C15H15Cl3N2OS/c16-11-9-12(17)14(13(18)10-11)21-8-4-5-19-15(22)20-6-2-1-3-7-20/h9-10H,1-3,6-8H2,(H,19,22). The molecule has 0 spiro atoms. The third-order valence-electron chi connectivity index (χ3n) is 3.15. The molecule has 0 amide bonds. The molecule has 1 aliphatic rings. The zero-order valence-corrected chi connectivity index (χ0v) is 14.9. The number of hydrogen-bond donors (Lipinski definition) is 1. The van der Waals surface area contributed by atoms with Gasteiger partial charge < -0.3 is 9.64 Å². The fraction of sp³-hybridized carbons (Fsp3) is 0.400. The van der Waals surface area contributed by atoms with Gasteiger partial charge in [-0.25, -0.2) is 0 Å². The maximum absolute atomic E-state index is 6.01. The van der Waals surface area contributed by atoms with Crippen LogP contribution in [-0.2, 0) is 0 Å². The Labute approximate surface area is 150 Å². The van der Waals surface area contributed by atoms with E-state index in [1.165, 1.54) is 19.3 Å². The average molecular weight is 378 g/mol. The van der Waals surface area contributed by atoms with Crippen LogP contribution >= 0.6 is 47.0 Å². The Morgan fingerprint density at radius 3 is 2.45 bits per heavy atom. The number of thiocarbonyl (C=S) groups is 1. The second-order valence-electron chi connectivity index (χ2n) is 4.77. The highest BCUT2D eigenvalue weighted by Crippen LogP contribution is 2.35. The van der Waals surface area contributed by atoms with Crippen LogP contribution in [-0.4, -0.2) is 29.7 Å². The molecular weight excluding hydrogens is 363 g/mol. The smallest absolute Gasteiger partial charge is 0.180 e. The molecule has 1 N–H and O–H groups in total. The number of nitrogens with one attached hydrogen (secondary N) is 1. The van der Waals surface area contributed by atoms with Crippen LogP contribution in [0.15, 0.2) is 12.1 Å². The number of likely N-dealkylation sites (tertiary alicyclic amines) is 1. The molecule has 118 valence electrons. The number of benzene rings is 1. The highest BCUT2D eigenvalue weighted by Gasteiger charge is 2.12. The Morgan fingerprint density at radius 1 is 1.18 bits per heavy atom. The van der Waals surface area contributed by atoms with Crippen molar-refractivity contribution >= 4 is 52.1 Å². The number of rotatable bonds is 2. The van der Waals surface area contributed by atoms with Crippen LogP contribution in [0.5, 0.6) is 5.75 Å². The van der Waals surface area contributed by atoms with E-state index in [1.54, 1.807) is 12.1 Å². The van der Waals surface area contributed by atoms with Gasteiger partial charge in [-0.15, -0.1) is 0 Å². The summed E-state index contributed by atoms with van der Waals surface area (Å²) in [5.74, 6) is 3.20. The Kier molecular flexibility index (Phi) is 6.91. The number of halogens is 3. The molecule has 1 saturated heterocycles. The van der Waals surface area contributed by atoms with E-state index in [0.717, 1.165) is 13.1 Å². The first-order valence-electron chi connectivity index (χ1n) is 6.88.